The van der Waals surface area contributed by atoms with Gasteiger partial charge in [-0.3, -0.25) is 0 Å². The van der Waals surface area contributed by atoms with E-state index < -0.39 is 0 Å². The number of nitrogens with zero attached hydrogens (tertiary/aromatic N) is 2. The van der Waals surface area contributed by atoms with E-state index in [1.807, 2.05) is 20.8 Å². The number of aliphatic hydroxyl groups excluding tert-OH is 1. The van der Waals surface area contributed by atoms with E-state index in [1.54, 1.807) is 0 Å². The lowest BCUT2D eigenvalue weighted by Crippen LogP contribution is -2.37. The summed E-state index contributed by atoms with van der Waals surface area (Å²) in [5.41, 5.74) is 5.46. The number of rotatable bonds is 7. The van der Waals surface area contributed by atoms with Crippen molar-refractivity contribution in [3.63, 3.8) is 0 Å². The van der Waals surface area contributed by atoms with Crippen molar-refractivity contribution in [1.29, 1.82) is 0 Å². The summed E-state index contributed by atoms with van der Waals surface area (Å²) in [6.45, 7) is 9.22. The van der Waals surface area contributed by atoms with Crippen LogP contribution in [0, 0.1) is 11.3 Å². The molecule has 1 fully saturated rings. The molecule has 0 aromatic carbocycles. The zero-order valence-electron chi connectivity index (χ0n) is 13.2. The van der Waals surface area contributed by atoms with Gasteiger partial charge in [0.05, 0.1) is 6.10 Å². The van der Waals surface area contributed by atoms with E-state index in [4.69, 9.17) is 10.9 Å². The molecule has 0 bridgehead atoms. The predicted molar refractivity (Wildman–Crippen MR) is 81.9 cm³/mol. The molecule has 0 spiro atoms. The second-order valence-corrected chi connectivity index (χ2v) is 6.75. The topological polar surface area (TPSA) is 82.1 Å². The first kappa shape index (κ1) is 17.2. The molecule has 118 valence electrons. The van der Waals surface area contributed by atoms with E-state index in [0.29, 0.717) is 11.8 Å². The fraction of sp³-hybridized carbons (Fsp3) is 0.933. The van der Waals surface area contributed by atoms with Crippen molar-refractivity contribution in [1.82, 2.24) is 4.90 Å². The SMILES string of the molecule is CC(O)C1CCN(CCCCC(C)(C)C(N)=NO)CC1. The van der Waals surface area contributed by atoms with Crippen LogP contribution in [0.5, 0.6) is 0 Å². The van der Waals surface area contributed by atoms with Gasteiger partial charge >= 0.3 is 0 Å². The minimum absolute atomic E-state index is 0.168. The van der Waals surface area contributed by atoms with E-state index in [-0.39, 0.29) is 11.5 Å². The molecule has 1 aliphatic heterocycles. The Morgan fingerprint density at radius 1 is 1.35 bits per heavy atom. The smallest absolute Gasteiger partial charge is 0.144 e. The third-order valence-corrected chi connectivity index (χ3v) is 4.64. The molecule has 5 nitrogen and oxygen atoms in total. The zero-order valence-corrected chi connectivity index (χ0v) is 13.2. The van der Waals surface area contributed by atoms with E-state index in [1.165, 1.54) is 0 Å². The fourth-order valence-electron chi connectivity index (χ4n) is 2.82. The van der Waals surface area contributed by atoms with Gasteiger partial charge in [0.25, 0.3) is 0 Å². The molecule has 0 radical (unpaired) electrons. The number of oxime groups is 1. The Kier molecular flexibility index (Phi) is 6.76. The third-order valence-electron chi connectivity index (χ3n) is 4.64. The molecule has 1 aliphatic rings. The molecule has 4 N–H and O–H groups in total. The Morgan fingerprint density at radius 2 is 1.95 bits per heavy atom. The number of piperidine rings is 1. The Labute approximate surface area is 122 Å². The highest BCUT2D eigenvalue weighted by atomic mass is 16.4. The van der Waals surface area contributed by atoms with Crippen molar-refractivity contribution in [2.45, 2.75) is 59.0 Å². The van der Waals surface area contributed by atoms with Crippen LogP contribution in [0.3, 0.4) is 0 Å². The minimum atomic E-state index is -0.228. The number of aliphatic hydroxyl groups is 1. The van der Waals surface area contributed by atoms with E-state index >= 15 is 0 Å². The van der Waals surface area contributed by atoms with Gasteiger partial charge in [0.15, 0.2) is 0 Å². The molecule has 1 rings (SSSR count). The molecule has 20 heavy (non-hydrogen) atoms. The predicted octanol–water partition coefficient (Wildman–Crippen LogP) is 2.02. The maximum Gasteiger partial charge on any atom is 0.144 e. The van der Waals surface area contributed by atoms with Gasteiger partial charge < -0.3 is 20.9 Å². The van der Waals surface area contributed by atoms with Crippen LogP contribution in [-0.4, -0.2) is 46.8 Å². The standard InChI is InChI=1S/C15H31N3O2/c1-12(19)13-6-10-18(11-7-13)9-5-4-8-15(2,3)14(16)17-20/h12-13,19-20H,4-11H2,1-3H3,(H2,16,17). The lowest BCUT2D eigenvalue weighted by Gasteiger charge is -2.33. The molecule has 1 atom stereocenters. The van der Waals surface area contributed by atoms with Gasteiger partial charge in [-0.1, -0.05) is 25.4 Å². The lowest BCUT2D eigenvalue weighted by molar-refractivity contribution is 0.0712. The molecule has 1 saturated heterocycles. The summed E-state index contributed by atoms with van der Waals surface area (Å²) in [6.07, 6.45) is 5.20. The lowest BCUT2D eigenvalue weighted by atomic mass is 9.86. The van der Waals surface area contributed by atoms with Crippen LogP contribution in [0.25, 0.3) is 0 Å². The van der Waals surface area contributed by atoms with Crippen LogP contribution in [0.2, 0.25) is 0 Å². The largest absolute Gasteiger partial charge is 0.409 e. The summed E-state index contributed by atoms with van der Waals surface area (Å²) in [7, 11) is 0. The summed E-state index contributed by atoms with van der Waals surface area (Å²) in [4.78, 5) is 2.48. The van der Waals surface area contributed by atoms with Gasteiger partial charge in [0.2, 0.25) is 0 Å². The highest BCUT2D eigenvalue weighted by Crippen LogP contribution is 2.24. The molecular weight excluding hydrogens is 254 g/mol. The molecule has 1 heterocycles. The number of hydrogen-bond donors (Lipinski definition) is 3. The maximum atomic E-state index is 9.58. The van der Waals surface area contributed by atoms with Crippen molar-refractivity contribution in [3.8, 4) is 0 Å². The maximum absolute atomic E-state index is 9.58. The molecule has 1 unspecified atom stereocenters. The summed E-state index contributed by atoms with van der Waals surface area (Å²) in [5, 5.41) is 21.4. The summed E-state index contributed by atoms with van der Waals surface area (Å²) in [6, 6.07) is 0. The van der Waals surface area contributed by atoms with E-state index in [0.717, 1.165) is 51.7 Å². The first-order valence-electron chi connectivity index (χ1n) is 7.75. The highest BCUT2D eigenvalue weighted by Gasteiger charge is 2.24. The summed E-state index contributed by atoms with van der Waals surface area (Å²) >= 11 is 0. The Morgan fingerprint density at radius 3 is 2.45 bits per heavy atom. The number of hydrogen-bond acceptors (Lipinski definition) is 4. The van der Waals surface area contributed by atoms with E-state index in [2.05, 4.69) is 10.1 Å². The first-order chi connectivity index (χ1) is 9.36. The quantitative estimate of drug-likeness (QED) is 0.220. The Hall–Kier alpha value is -0.810. The number of amidine groups is 1. The fourth-order valence-corrected chi connectivity index (χ4v) is 2.82. The van der Waals surface area contributed by atoms with Crippen molar-refractivity contribution in [2.24, 2.45) is 22.2 Å². The third kappa shape index (κ3) is 5.29. The second-order valence-electron chi connectivity index (χ2n) is 6.75. The van der Waals surface area contributed by atoms with Crippen LogP contribution in [0.15, 0.2) is 5.16 Å². The Balaban J connectivity index is 2.17. The number of unbranched alkanes of at least 4 members (excludes halogenated alkanes) is 1. The van der Waals surface area contributed by atoms with Crippen molar-refractivity contribution in [2.75, 3.05) is 19.6 Å². The van der Waals surface area contributed by atoms with Crippen LogP contribution < -0.4 is 5.73 Å². The highest BCUT2D eigenvalue weighted by molar-refractivity contribution is 5.85. The van der Waals surface area contributed by atoms with Crippen molar-refractivity contribution < 1.29 is 10.3 Å². The van der Waals surface area contributed by atoms with Gasteiger partial charge in [-0.25, -0.2) is 0 Å². The average molecular weight is 285 g/mol. The number of nitrogens with two attached hydrogens (primary N) is 1. The summed E-state index contributed by atoms with van der Waals surface area (Å²) < 4.78 is 0. The van der Waals surface area contributed by atoms with E-state index in [9.17, 15) is 5.11 Å². The average Bonchev–Trinajstić information content (AvgIpc) is 2.43. The number of likely N-dealkylation sites (tertiary alicyclic amines) is 1. The van der Waals surface area contributed by atoms with Gasteiger partial charge in [-0.2, -0.15) is 0 Å². The molecular formula is C15H31N3O2. The van der Waals surface area contributed by atoms with Gasteiger partial charge in [0, 0.05) is 5.41 Å². The first-order valence-corrected chi connectivity index (χ1v) is 7.75. The molecule has 5 heteroatoms. The van der Waals surface area contributed by atoms with Gasteiger partial charge in [-0.05, 0) is 58.2 Å². The van der Waals surface area contributed by atoms with Crippen LogP contribution in [0.4, 0.5) is 0 Å². The second kappa shape index (κ2) is 7.84. The van der Waals surface area contributed by atoms with Crippen LogP contribution >= 0.6 is 0 Å². The van der Waals surface area contributed by atoms with Crippen molar-refractivity contribution in [3.05, 3.63) is 0 Å². The molecule has 0 amide bonds. The molecule has 0 aliphatic carbocycles. The van der Waals surface area contributed by atoms with Crippen LogP contribution in [-0.2, 0) is 0 Å². The van der Waals surface area contributed by atoms with Gasteiger partial charge in [0.1, 0.15) is 5.84 Å². The monoisotopic (exact) mass is 285 g/mol. The minimum Gasteiger partial charge on any atom is -0.409 e. The summed E-state index contributed by atoms with van der Waals surface area (Å²) in [5.74, 6) is 0.793. The Bertz CT molecular complexity index is 308. The normalized spacial score (nSPS) is 21.1. The van der Waals surface area contributed by atoms with Crippen molar-refractivity contribution >= 4 is 5.84 Å². The van der Waals surface area contributed by atoms with Crippen LogP contribution in [0.1, 0.15) is 52.9 Å². The zero-order chi connectivity index (χ0) is 15.2. The van der Waals surface area contributed by atoms with Gasteiger partial charge in [-0.15, -0.1) is 0 Å². The molecule has 0 aromatic heterocycles. The molecule has 0 aromatic rings. The molecule has 0 saturated carbocycles.